The number of hydrogen-bond donors (Lipinski definition) is 3. The molecular formula is C15H19Cl2N3O5. The zero-order valence-corrected chi connectivity index (χ0v) is 15.4. The molecule has 0 aliphatic carbocycles. The predicted octanol–water partition coefficient (Wildman–Crippen LogP) is 2.05. The van der Waals surface area contributed by atoms with Crippen LogP contribution in [-0.2, 0) is 19.1 Å². The first-order chi connectivity index (χ1) is 11.6. The van der Waals surface area contributed by atoms with Crippen LogP contribution in [0, 0.1) is 5.41 Å². The van der Waals surface area contributed by atoms with E-state index in [-0.39, 0.29) is 22.4 Å². The Morgan fingerprint density at radius 2 is 1.80 bits per heavy atom. The number of esters is 2. The van der Waals surface area contributed by atoms with Gasteiger partial charge in [-0.15, -0.1) is 0 Å². The maximum absolute atomic E-state index is 11.9. The first kappa shape index (κ1) is 20.9. The van der Waals surface area contributed by atoms with Gasteiger partial charge in [-0.2, -0.15) is 0 Å². The van der Waals surface area contributed by atoms with E-state index in [0.717, 1.165) is 0 Å². The first-order valence-corrected chi connectivity index (χ1v) is 7.75. The maximum Gasteiger partial charge on any atom is 0.364 e. The highest BCUT2D eigenvalue weighted by Gasteiger charge is 2.24. The van der Waals surface area contributed by atoms with Crippen molar-refractivity contribution in [1.29, 1.82) is 0 Å². The van der Waals surface area contributed by atoms with Crippen LogP contribution in [-0.4, -0.2) is 18.7 Å². The highest BCUT2D eigenvalue weighted by molar-refractivity contribution is 6.42. The lowest BCUT2D eigenvalue weighted by atomic mass is 9.98. The van der Waals surface area contributed by atoms with Gasteiger partial charge in [0.25, 0.3) is 0 Å². The Kier molecular flexibility index (Phi) is 7.35. The van der Waals surface area contributed by atoms with Crippen molar-refractivity contribution in [2.24, 2.45) is 17.0 Å². The quantitative estimate of drug-likeness (QED) is 0.168. The molecule has 0 heterocycles. The predicted molar refractivity (Wildman–Crippen MR) is 92.1 cm³/mol. The third kappa shape index (κ3) is 6.33. The average molecular weight is 392 g/mol. The molecule has 0 atom stereocenters. The number of carbonyl (C=O) groups excluding carboxylic acids is 2. The van der Waals surface area contributed by atoms with E-state index < -0.39 is 24.1 Å². The number of hydrazine groups is 1. The molecule has 5 N–H and O–H groups in total. The van der Waals surface area contributed by atoms with Crippen LogP contribution < -0.4 is 21.7 Å². The van der Waals surface area contributed by atoms with Gasteiger partial charge in [0.05, 0.1) is 15.5 Å². The Labute approximate surface area is 154 Å². The van der Waals surface area contributed by atoms with Crippen LogP contribution in [0.1, 0.15) is 20.8 Å². The second-order valence-electron chi connectivity index (χ2n) is 5.79. The van der Waals surface area contributed by atoms with Crippen LogP contribution in [0.25, 0.3) is 0 Å². The molecule has 0 aromatic heterocycles. The third-order valence-corrected chi connectivity index (χ3v) is 3.45. The summed E-state index contributed by atoms with van der Waals surface area (Å²) in [7, 11) is 0. The minimum Gasteiger partial charge on any atom is -0.439 e. The molecule has 8 nitrogen and oxygen atoms in total. The molecule has 1 rings (SSSR count). The van der Waals surface area contributed by atoms with Crippen LogP contribution in [0.5, 0.6) is 5.75 Å². The van der Waals surface area contributed by atoms with E-state index in [1.165, 1.54) is 18.2 Å². The molecule has 0 spiro atoms. The van der Waals surface area contributed by atoms with Crippen LogP contribution in [0.4, 0.5) is 0 Å². The summed E-state index contributed by atoms with van der Waals surface area (Å²) in [6.07, 6.45) is 0. The Bertz CT molecular complexity index is 686. The molecular weight excluding hydrogens is 373 g/mol. The van der Waals surface area contributed by atoms with E-state index in [0.29, 0.717) is 5.02 Å². The van der Waals surface area contributed by atoms with Crippen LogP contribution >= 0.6 is 23.2 Å². The zero-order chi connectivity index (χ0) is 19.2. The molecule has 0 fully saturated rings. The molecule has 25 heavy (non-hydrogen) atoms. The summed E-state index contributed by atoms with van der Waals surface area (Å²) in [5, 5.41) is 0.569. The SMILES string of the molecule is CC(C)(C)C(=O)OCOC(=O)/C(NN)=C(/N)Oc1ccc(Cl)c(Cl)c1. The molecule has 1 aromatic rings. The smallest absolute Gasteiger partial charge is 0.364 e. The van der Waals surface area contributed by atoms with Gasteiger partial charge in [-0.1, -0.05) is 23.2 Å². The fourth-order valence-corrected chi connectivity index (χ4v) is 1.66. The minimum absolute atomic E-state index is 0.228. The van der Waals surface area contributed by atoms with Crippen molar-refractivity contribution >= 4 is 35.1 Å². The highest BCUT2D eigenvalue weighted by Crippen LogP contribution is 2.27. The molecule has 0 radical (unpaired) electrons. The molecule has 0 aliphatic heterocycles. The van der Waals surface area contributed by atoms with Crippen molar-refractivity contribution in [2.75, 3.05) is 6.79 Å². The number of nitrogens with two attached hydrogens (primary N) is 2. The number of benzene rings is 1. The van der Waals surface area contributed by atoms with Crippen molar-refractivity contribution in [2.45, 2.75) is 20.8 Å². The Morgan fingerprint density at radius 1 is 1.16 bits per heavy atom. The molecule has 0 amide bonds. The van der Waals surface area contributed by atoms with Gasteiger partial charge in [-0.25, -0.2) is 4.79 Å². The number of nitrogens with one attached hydrogen (secondary N) is 1. The van der Waals surface area contributed by atoms with E-state index >= 15 is 0 Å². The van der Waals surface area contributed by atoms with Crippen LogP contribution in [0.2, 0.25) is 10.0 Å². The summed E-state index contributed by atoms with van der Waals surface area (Å²) < 4.78 is 14.9. The van der Waals surface area contributed by atoms with Gasteiger partial charge < -0.3 is 25.4 Å². The zero-order valence-electron chi connectivity index (χ0n) is 13.9. The van der Waals surface area contributed by atoms with E-state index in [2.05, 4.69) is 5.43 Å². The van der Waals surface area contributed by atoms with Gasteiger partial charge in [0.1, 0.15) is 5.75 Å². The van der Waals surface area contributed by atoms with Gasteiger partial charge >= 0.3 is 11.9 Å². The van der Waals surface area contributed by atoms with Crippen molar-refractivity contribution in [3.05, 3.63) is 39.8 Å². The number of halogens is 2. The largest absolute Gasteiger partial charge is 0.439 e. The lowest BCUT2D eigenvalue weighted by Crippen LogP contribution is -2.33. The van der Waals surface area contributed by atoms with Crippen molar-refractivity contribution in [3.8, 4) is 5.75 Å². The maximum atomic E-state index is 11.9. The molecule has 0 saturated heterocycles. The summed E-state index contributed by atoms with van der Waals surface area (Å²) in [6, 6.07) is 4.39. The van der Waals surface area contributed by atoms with Gasteiger partial charge in [-0.05, 0) is 32.9 Å². The number of hydrogen-bond acceptors (Lipinski definition) is 8. The summed E-state index contributed by atoms with van der Waals surface area (Å²) in [5.41, 5.74) is 6.66. The topological polar surface area (TPSA) is 126 Å². The van der Waals surface area contributed by atoms with Crippen LogP contribution in [0.3, 0.4) is 0 Å². The van der Waals surface area contributed by atoms with Crippen molar-refractivity contribution in [3.63, 3.8) is 0 Å². The fourth-order valence-electron chi connectivity index (χ4n) is 1.37. The Hall–Kier alpha value is -2.16. The lowest BCUT2D eigenvalue weighted by molar-refractivity contribution is -0.171. The molecule has 0 saturated carbocycles. The summed E-state index contributed by atoms with van der Waals surface area (Å²) in [6.45, 7) is 4.38. The number of rotatable bonds is 6. The fraction of sp³-hybridized carbons (Fsp3) is 0.333. The summed E-state index contributed by atoms with van der Waals surface area (Å²) in [4.78, 5) is 23.5. The highest BCUT2D eigenvalue weighted by atomic mass is 35.5. The number of ether oxygens (including phenoxy) is 3. The third-order valence-electron chi connectivity index (χ3n) is 2.71. The number of carbonyl (C=O) groups is 2. The van der Waals surface area contributed by atoms with Crippen molar-refractivity contribution in [1.82, 2.24) is 5.43 Å². The first-order valence-electron chi connectivity index (χ1n) is 7.00. The Balaban J connectivity index is 2.74. The van der Waals surface area contributed by atoms with Gasteiger partial charge in [-0.3, -0.25) is 10.6 Å². The van der Waals surface area contributed by atoms with E-state index in [9.17, 15) is 9.59 Å². The molecule has 10 heteroatoms. The second-order valence-corrected chi connectivity index (χ2v) is 6.61. The van der Waals surface area contributed by atoms with E-state index in [1.807, 2.05) is 0 Å². The van der Waals surface area contributed by atoms with Gasteiger partial charge in [0.2, 0.25) is 12.7 Å². The van der Waals surface area contributed by atoms with Crippen LogP contribution in [0.15, 0.2) is 29.8 Å². The average Bonchev–Trinajstić information content (AvgIpc) is 2.50. The van der Waals surface area contributed by atoms with E-state index in [4.69, 9.17) is 49.0 Å². The molecule has 0 unspecified atom stereocenters. The summed E-state index contributed by atoms with van der Waals surface area (Å²) >= 11 is 11.7. The molecule has 0 aliphatic rings. The standard InChI is InChI=1S/C15H19Cl2N3O5/c1-15(2,3)14(22)24-7-23-13(21)11(20-19)12(18)25-8-4-5-9(16)10(17)6-8/h4-6,20H,7,18-19H2,1-3H3/b12-11+. The van der Waals surface area contributed by atoms with Gasteiger partial charge in [0, 0.05) is 6.07 Å². The second kappa shape index (κ2) is 8.80. The Morgan fingerprint density at radius 3 is 2.32 bits per heavy atom. The van der Waals surface area contributed by atoms with Gasteiger partial charge in [0.15, 0.2) is 5.70 Å². The monoisotopic (exact) mass is 391 g/mol. The molecule has 1 aromatic carbocycles. The molecule has 138 valence electrons. The minimum atomic E-state index is -0.971. The normalized spacial score (nSPS) is 12.1. The summed E-state index contributed by atoms with van der Waals surface area (Å²) in [5.74, 6) is 3.61. The molecule has 0 bridgehead atoms. The lowest BCUT2D eigenvalue weighted by Gasteiger charge is -2.17. The van der Waals surface area contributed by atoms with Crippen molar-refractivity contribution < 1.29 is 23.8 Å². The van der Waals surface area contributed by atoms with E-state index in [1.54, 1.807) is 20.8 Å².